The van der Waals surface area contributed by atoms with Gasteiger partial charge in [-0.1, -0.05) is 11.6 Å². The van der Waals surface area contributed by atoms with Crippen molar-refractivity contribution >= 4 is 34.8 Å². The molecule has 2 aromatic rings. The first kappa shape index (κ1) is 17.0. The van der Waals surface area contributed by atoms with Crippen molar-refractivity contribution in [2.75, 3.05) is 17.7 Å². The van der Waals surface area contributed by atoms with E-state index in [1.54, 1.807) is 24.3 Å². The zero-order chi connectivity index (χ0) is 17.0. The third-order valence-corrected chi connectivity index (χ3v) is 3.21. The van der Waals surface area contributed by atoms with Crippen LogP contribution in [0.25, 0.3) is 0 Å². The maximum Gasteiger partial charge on any atom is 0.417 e. The van der Waals surface area contributed by atoms with Gasteiger partial charge in [0.1, 0.15) is 0 Å². The Labute approximate surface area is 135 Å². The van der Waals surface area contributed by atoms with E-state index in [1.807, 2.05) is 0 Å². The molecule has 2 rings (SSSR count). The van der Waals surface area contributed by atoms with Crippen LogP contribution >= 0.6 is 11.6 Å². The molecule has 0 unspecified atom stereocenters. The van der Waals surface area contributed by atoms with Gasteiger partial charge < -0.3 is 10.1 Å². The Morgan fingerprint density at radius 2 is 1.61 bits per heavy atom. The summed E-state index contributed by atoms with van der Waals surface area (Å²) in [6.45, 7) is 0. The fourth-order valence-electron chi connectivity index (χ4n) is 1.79. The van der Waals surface area contributed by atoms with Crippen LogP contribution in [0.15, 0.2) is 42.5 Å². The zero-order valence-electron chi connectivity index (χ0n) is 11.9. The lowest BCUT2D eigenvalue weighted by molar-refractivity contribution is -0.137. The first-order chi connectivity index (χ1) is 10.8. The molecule has 0 aliphatic heterocycles. The van der Waals surface area contributed by atoms with E-state index >= 15 is 0 Å². The molecule has 0 heterocycles. The topological polar surface area (TPSA) is 50.4 Å². The summed E-state index contributed by atoms with van der Waals surface area (Å²) in [6.07, 6.45) is -5.14. The van der Waals surface area contributed by atoms with Crippen LogP contribution in [0.2, 0.25) is 5.02 Å². The fraction of sp³-hybridized carbons (Fsp3) is 0.133. The molecular weight excluding hydrogens is 333 g/mol. The molecule has 122 valence electrons. The van der Waals surface area contributed by atoms with Gasteiger partial charge in [-0.2, -0.15) is 13.2 Å². The third-order valence-electron chi connectivity index (χ3n) is 2.88. The predicted molar refractivity (Wildman–Crippen MR) is 82.2 cm³/mol. The van der Waals surface area contributed by atoms with Gasteiger partial charge in [-0.25, -0.2) is 4.79 Å². The highest BCUT2D eigenvalue weighted by Crippen LogP contribution is 2.36. The Kier molecular flexibility index (Phi) is 5.00. The highest BCUT2D eigenvalue weighted by atomic mass is 35.5. The van der Waals surface area contributed by atoms with Crippen LogP contribution in [0.4, 0.5) is 35.0 Å². The Morgan fingerprint density at radius 1 is 1.04 bits per heavy atom. The first-order valence-electron chi connectivity index (χ1n) is 6.38. The monoisotopic (exact) mass is 344 g/mol. The fourth-order valence-corrected chi connectivity index (χ4v) is 2.02. The van der Waals surface area contributed by atoms with Crippen molar-refractivity contribution in [1.82, 2.24) is 0 Å². The van der Waals surface area contributed by atoms with Gasteiger partial charge in [0.25, 0.3) is 0 Å². The molecule has 0 spiro atoms. The molecule has 2 N–H and O–H groups in total. The number of amides is 1. The average Bonchev–Trinajstić information content (AvgIpc) is 2.50. The second-order valence-electron chi connectivity index (χ2n) is 4.51. The number of methoxy groups -OCH3 is 1. The molecule has 0 fully saturated rings. The van der Waals surface area contributed by atoms with E-state index in [0.29, 0.717) is 11.4 Å². The number of anilines is 3. The molecule has 0 radical (unpaired) electrons. The Morgan fingerprint density at radius 3 is 2.17 bits per heavy atom. The minimum atomic E-state index is -4.52. The molecule has 0 atom stereocenters. The Balaban J connectivity index is 2.15. The van der Waals surface area contributed by atoms with Gasteiger partial charge in [0.2, 0.25) is 0 Å². The van der Waals surface area contributed by atoms with Crippen LogP contribution in [-0.2, 0) is 10.9 Å². The molecular formula is C15H12ClF3N2O2. The number of carbonyl (C=O) groups is 1. The van der Waals surface area contributed by atoms with Crippen molar-refractivity contribution < 1.29 is 22.7 Å². The molecule has 0 saturated heterocycles. The van der Waals surface area contributed by atoms with Gasteiger partial charge in [0, 0.05) is 17.1 Å². The van der Waals surface area contributed by atoms with Crippen LogP contribution in [0.3, 0.4) is 0 Å². The van der Waals surface area contributed by atoms with Crippen LogP contribution in [0.5, 0.6) is 0 Å². The number of ether oxygens (including phenoxy) is 1. The maximum absolute atomic E-state index is 12.8. The maximum atomic E-state index is 12.8. The lowest BCUT2D eigenvalue weighted by atomic mass is 10.2. The van der Waals surface area contributed by atoms with E-state index in [9.17, 15) is 18.0 Å². The van der Waals surface area contributed by atoms with Crippen LogP contribution in [-0.4, -0.2) is 13.2 Å². The molecule has 8 heteroatoms. The summed E-state index contributed by atoms with van der Waals surface area (Å²) >= 11 is 5.57. The molecule has 4 nitrogen and oxygen atoms in total. The number of hydrogen-bond acceptors (Lipinski definition) is 3. The van der Waals surface area contributed by atoms with E-state index in [4.69, 9.17) is 11.6 Å². The molecule has 2 aromatic carbocycles. The summed E-state index contributed by atoms with van der Waals surface area (Å²) in [5, 5.41) is 4.94. The molecule has 1 amide bonds. The molecule has 0 saturated carbocycles. The van der Waals surface area contributed by atoms with Gasteiger partial charge in [0.15, 0.2) is 0 Å². The third kappa shape index (κ3) is 4.53. The van der Waals surface area contributed by atoms with Gasteiger partial charge >= 0.3 is 12.3 Å². The number of benzene rings is 2. The van der Waals surface area contributed by atoms with Gasteiger partial charge in [-0.3, -0.25) is 5.32 Å². The summed E-state index contributed by atoms with van der Waals surface area (Å²) in [6, 6.07) is 9.93. The quantitative estimate of drug-likeness (QED) is 0.796. The van der Waals surface area contributed by atoms with Crippen molar-refractivity contribution in [3.63, 3.8) is 0 Å². The van der Waals surface area contributed by atoms with Gasteiger partial charge in [0.05, 0.1) is 17.7 Å². The summed E-state index contributed by atoms with van der Waals surface area (Å²) in [5.74, 6) is 0. The molecule has 0 aliphatic rings. The summed E-state index contributed by atoms with van der Waals surface area (Å²) < 4.78 is 42.9. The van der Waals surface area contributed by atoms with Crippen molar-refractivity contribution in [3.05, 3.63) is 53.1 Å². The lowest BCUT2D eigenvalue weighted by Gasteiger charge is -2.13. The van der Waals surface area contributed by atoms with E-state index in [0.717, 1.165) is 6.07 Å². The Hall–Kier alpha value is -2.41. The van der Waals surface area contributed by atoms with Crippen molar-refractivity contribution in [1.29, 1.82) is 0 Å². The summed E-state index contributed by atoms with van der Waals surface area (Å²) in [7, 11) is 1.24. The number of halogens is 4. The smallest absolute Gasteiger partial charge is 0.417 e. The summed E-state index contributed by atoms with van der Waals surface area (Å²) in [5.41, 5.74) is 0.383. The largest absolute Gasteiger partial charge is 0.453 e. The SMILES string of the molecule is COC(=O)Nc1ccc(Nc2ccc(Cl)c(C(F)(F)F)c2)cc1. The highest BCUT2D eigenvalue weighted by molar-refractivity contribution is 6.31. The van der Waals surface area contributed by atoms with Gasteiger partial charge in [-0.05, 0) is 42.5 Å². The van der Waals surface area contributed by atoms with Crippen LogP contribution in [0.1, 0.15) is 5.56 Å². The van der Waals surface area contributed by atoms with Crippen molar-refractivity contribution in [2.24, 2.45) is 0 Å². The highest BCUT2D eigenvalue weighted by Gasteiger charge is 2.33. The molecule has 0 aliphatic carbocycles. The zero-order valence-corrected chi connectivity index (χ0v) is 12.6. The second-order valence-corrected chi connectivity index (χ2v) is 4.92. The Bertz CT molecular complexity index is 703. The standard InChI is InChI=1S/C15H12ClF3N2O2/c1-23-14(22)21-10-4-2-9(3-5-10)20-11-6-7-13(16)12(8-11)15(17,18)19/h2-8,20H,1H3,(H,21,22). The first-order valence-corrected chi connectivity index (χ1v) is 6.76. The minimum absolute atomic E-state index is 0.246. The second kappa shape index (κ2) is 6.78. The van der Waals surface area contributed by atoms with E-state index in [-0.39, 0.29) is 10.7 Å². The van der Waals surface area contributed by atoms with Crippen molar-refractivity contribution in [2.45, 2.75) is 6.18 Å². The molecule has 0 bridgehead atoms. The van der Waals surface area contributed by atoms with E-state index in [2.05, 4.69) is 15.4 Å². The predicted octanol–water partition coefficient (Wildman–Crippen LogP) is 5.28. The minimum Gasteiger partial charge on any atom is -0.453 e. The van der Waals surface area contributed by atoms with E-state index < -0.39 is 17.8 Å². The van der Waals surface area contributed by atoms with Gasteiger partial charge in [-0.15, -0.1) is 0 Å². The molecule has 23 heavy (non-hydrogen) atoms. The summed E-state index contributed by atoms with van der Waals surface area (Å²) in [4.78, 5) is 11.1. The molecule has 0 aromatic heterocycles. The lowest BCUT2D eigenvalue weighted by Crippen LogP contribution is -2.10. The normalized spacial score (nSPS) is 11.0. The van der Waals surface area contributed by atoms with Crippen LogP contribution in [0, 0.1) is 0 Å². The number of alkyl halides is 3. The number of carbonyl (C=O) groups excluding carboxylic acids is 1. The number of nitrogens with one attached hydrogen (secondary N) is 2. The number of rotatable bonds is 3. The number of hydrogen-bond donors (Lipinski definition) is 2. The van der Waals surface area contributed by atoms with Crippen LogP contribution < -0.4 is 10.6 Å². The average molecular weight is 345 g/mol. The van der Waals surface area contributed by atoms with Crippen molar-refractivity contribution in [3.8, 4) is 0 Å². The van der Waals surface area contributed by atoms with E-state index in [1.165, 1.54) is 19.2 Å².